The van der Waals surface area contributed by atoms with Crippen LogP contribution in [0, 0.1) is 0 Å². The summed E-state index contributed by atoms with van der Waals surface area (Å²) in [6.45, 7) is 0. The van der Waals surface area contributed by atoms with Gasteiger partial charge in [0.05, 0.1) is 23.8 Å². The summed E-state index contributed by atoms with van der Waals surface area (Å²) in [6.07, 6.45) is 0.137. The van der Waals surface area contributed by atoms with Crippen molar-refractivity contribution in [2.75, 3.05) is 12.0 Å². The number of anilines is 1. The molecule has 1 aliphatic rings. The van der Waals surface area contributed by atoms with E-state index in [4.69, 9.17) is 4.74 Å². The molecule has 0 saturated carbocycles. The number of nitrogens with one attached hydrogen (secondary N) is 1. The summed E-state index contributed by atoms with van der Waals surface area (Å²) in [5.74, 6) is 0.0154. The molecule has 2 heterocycles. The Morgan fingerprint density at radius 2 is 1.92 bits per heavy atom. The maximum absolute atomic E-state index is 12.8. The summed E-state index contributed by atoms with van der Waals surface area (Å²) >= 11 is 1.28. The third-order valence-corrected chi connectivity index (χ3v) is 5.12. The molecule has 25 heavy (non-hydrogen) atoms. The van der Waals surface area contributed by atoms with Gasteiger partial charge in [-0.25, -0.2) is 9.88 Å². The number of imide groups is 1. The highest BCUT2D eigenvalue weighted by atomic mass is 32.2. The van der Waals surface area contributed by atoms with Crippen molar-refractivity contribution in [2.24, 2.45) is 0 Å². The first-order chi connectivity index (χ1) is 12.2. The van der Waals surface area contributed by atoms with Gasteiger partial charge in [-0.3, -0.25) is 9.59 Å². The van der Waals surface area contributed by atoms with Crippen LogP contribution in [0.3, 0.4) is 0 Å². The number of amides is 2. The standard InChI is InChI=1S/C18H15N3O3S/c1-24-14-9-5-4-8-13(14)21-16(22)10-15(17(21)23)25-18-19-11-6-2-3-7-12(11)20-18/h2-9,15H,10H2,1H3,(H,19,20). The molecule has 0 aliphatic carbocycles. The normalized spacial score (nSPS) is 17.5. The molecule has 1 atom stereocenters. The number of ether oxygens (including phenoxy) is 1. The largest absolute Gasteiger partial charge is 0.495 e. The van der Waals surface area contributed by atoms with Gasteiger partial charge in [-0.15, -0.1) is 0 Å². The molecular formula is C18H15N3O3S. The molecule has 6 nitrogen and oxygen atoms in total. The van der Waals surface area contributed by atoms with E-state index in [-0.39, 0.29) is 18.2 Å². The number of H-pyrrole nitrogens is 1. The van der Waals surface area contributed by atoms with Gasteiger partial charge < -0.3 is 9.72 Å². The fraction of sp³-hybridized carbons (Fsp3) is 0.167. The lowest BCUT2D eigenvalue weighted by Gasteiger charge is -2.17. The molecule has 0 spiro atoms. The Morgan fingerprint density at radius 3 is 2.72 bits per heavy atom. The average Bonchev–Trinajstić information content (AvgIpc) is 3.15. The van der Waals surface area contributed by atoms with Crippen molar-refractivity contribution in [3.8, 4) is 5.75 Å². The second-order valence-corrected chi connectivity index (χ2v) is 6.80. The highest BCUT2D eigenvalue weighted by molar-refractivity contribution is 8.00. The highest BCUT2D eigenvalue weighted by Crippen LogP contribution is 2.37. The fourth-order valence-corrected chi connectivity index (χ4v) is 3.91. The maximum Gasteiger partial charge on any atom is 0.248 e. The van der Waals surface area contributed by atoms with E-state index < -0.39 is 5.25 Å². The first kappa shape index (κ1) is 15.7. The summed E-state index contributed by atoms with van der Waals surface area (Å²) in [6, 6.07) is 14.7. The number of rotatable bonds is 4. The predicted octanol–water partition coefficient (Wildman–Crippen LogP) is 3.00. The molecule has 2 amide bonds. The first-order valence-corrected chi connectivity index (χ1v) is 8.66. The molecule has 1 fully saturated rings. The zero-order valence-electron chi connectivity index (χ0n) is 13.4. The minimum atomic E-state index is -0.502. The lowest BCUT2D eigenvalue weighted by Crippen LogP contribution is -2.31. The quantitative estimate of drug-likeness (QED) is 0.730. The van der Waals surface area contributed by atoms with E-state index in [0.29, 0.717) is 16.6 Å². The monoisotopic (exact) mass is 353 g/mol. The molecule has 1 saturated heterocycles. The van der Waals surface area contributed by atoms with E-state index in [1.54, 1.807) is 24.3 Å². The van der Waals surface area contributed by atoms with Crippen molar-refractivity contribution >= 4 is 40.3 Å². The van der Waals surface area contributed by atoms with Gasteiger partial charge in [-0.05, 0) is 24.3 Å². The number of aromatic nitrogens is 2. The van der Waals surface area contributed by atoms with E-state index in [1.165, 1.54) is 23.8 Å². The number of fused-ring (bicyclic) bond motifs is 1. The maximum atomic E-state index is 12.8. The Labute approximate surface area is 148 Å². The van der Waals surface area contributed by atoms with Gasteiger partial charge in [0.15, 0.2) is 5.16 Å². The molecule has 1 N–H and O–H groups in total. The SMILES string of the molecule is COc1ccccc1N1C(=O)CC(Sc2nc3ccccc3[nH]2)C1=O. The smallest absolute Gasteiger partial charge is 0.248 e. The average molecular weight is 353 g/mol. The Hall–Kier alpha value is -2.80. The molecule has 3 aromatic rings. The van der Waals surface area contributed by atoms with Crippen molar-refractivity contribution in [1.82, 2.24) is 9.97 Å². The molecule has 7 heteroatoms. The Kier molecular flexibility index (Phi) is 3.93. The van der Waals surface area contributed by atoms with Crippen LogP contribution in [0.2, 0.25) is 0 Å². The molecule has 0 radical (unpaired) electrons. The molecule has 4 rings (SSSR count). The molecule has 1 unspecified atom stereocenters. The van der Waals surface area contributed by atoms with Crippen molar-refractivity contribution in [3.05, 3.63) is 48.5 Å². The number of hydrogen-bond acceptors (Lipinski definition) is 5. The van der Waals surface area contributed by atoms with Crippen LogP contribution in [0.5, 0.6) is 5.75 Å². The lowest BCUT2D eigenvalue weighted by molar-refractivity contribution is -0.121. The Bertz CT molecular complexity index is 936. The minimum absolute atomic E-state index is 0.137. The number of carbonyl (C=O) groups is 2. The summed E-state index contributed by atoms with van der Waals surface area (Å²) in [4.78, 5) is 34.1. The Morgan fingerprint density at radius 1 is 1.16 bits per heavy atom. The number of carbonyl (C=O) groups excluding carboxylic acids is 2. The van der Waals surface area contributed by atoms with E-state index in [2.05, 4.69) is 9.97 Å². The van der Waals surface area contributed by atoms with Crippen LogP contribution in [0.4, 0.5) is 5.69 Å². The predicted molar refractivity (Wildman–Crippen MR) is 95.8 cm³/mol. The van der Waals surface area contributed by atoms with Gasteiger partial charge >= 0.3 is 0 Å². The van der Waals surface area contributed by atoms with Crippen molar-refractivity contribution < 1.29 is 14.3 Å². The van der Waals surface area contributed by atoms with E-state index in [1.807, 2.05) is 24.3 Å². The van der Waals surface area contributed by atoms with Gasteiger partial charge in [0.25, 0.3) is 0 Å². The summed E-state index contributed by atoms with van der Waals surface area (Å²) in [5.41, 5.74) is 2.22. The van der Waals surface area contributed by atoms with Gasteiger partial charge in [-0.2, -0.15) is 0 Å². The van der Waals surface area contributed by atoms with Crippen molar-refractivity contribution in [2.45, 2.75) is 16.8 Å². The van der Waals surface area contributed by atoms with Gasteiger partial charge in [-0.1, -0.05) is 36.0 Å². The number of hydrogen-bond donors (Lipinski definition) is 1. The van der Waals surface area contributed by atoms with Crippen LogP contribution < -0.4 is 9.64 Å². The summed E-state index contributed by atoms with van der Waals surface area (Å²) < 4.78 is 5.28. The van der Waals surface area contributed by atoms with Crippen LogP contribution in [-0.2, 0) is 9.59 Å². The van der Waals surface area contributed by atoms with E-state index in [0.717, 1.165) is 11.0 Å². The van der Waals surface area contributed by atoms with Gasteiger partial charge in [0.1, 0.15) is 11.0 Å². The van der Waals surface area contributed by atoms with Crippen molar-refractivity contribution in [3.63, 3.8) is 0 Å². The topological polar surface area (TPSA) is 75.3 Å². The highest BCUT2D eigenvalue weighted by Gasteiger charge is 2.41. The van der Waals surface area contributed by atoms with Crippen LogP contribution >= 0.6 is 11.8 Å². The number of imidazole rings is 1. The van der Waals surface area contributed by atoms with Crippen LogP contribution in [0.15, 0.2) is 53.7 Å². The molecule has 0 bridgehead atoms. The zero-order chi connectivity index (χ0) is 17.4. The van der Waals surface area contributed by atoms with Gasteiger partial charge in [0.2, 0.25) is 11.8 Å². The lowest BCUT2D eigenvalue weighted by atomic mass is 10.2. The second-order valence-electron chi connectivity index (χ2n) is 5.61. The summed E-state index contributed by atoms with van der Waals surface area (Å²) in [5, 5.41) is 0.132. The number of para-hydroxylation sites is 4. The molecule has 2 aromatic carbocycles. The number of thioether (sulfide) groups is 1. The van der Waals surface area contributed by atoms with Gasteiger partial charge in [0, 0.05) is 6.42 Å². The number of aromatic amines is 1. The third kappa shape index (κ3) is 2.76. The minimum Gasteiger partial charge on any atom is -0.495 e. The van der Waals surface area contributed by atoms with E-state index in [9.17, 15) is 9.59 Å². The van der Waals surface area contributed by atoms with E-state index >= 15 is 0 Å². The number of methoxy groups -OCH3 is 1. The number of benzene rings is 2. The first-order valence-electron chi connectivity index (χ1n) is 7.78. The second kappa shape index (κ2) is 6.25. The molecule has 126 valence electrons. The van der Waals surface area contributed by atoms with Crippen LogP contribution in [0.25, 0.3) is 11.0 Å². The Balaban J connectivity index is 1.60. The van der Waals surface area contributed by atoms with Crippen LogP contribution in [0.1, 0.15) is 6.42 Å². The summed E-state index contributed by atoms with van der Waals surface area (Å²) in [7, 11) is 1.52. The molecule has 1 aromatic heterocycles. The molecular weight excluding hydrogens is 338 g/mol. The zero-order valence-corrected chi connectivity index (χ0v) is 14.2. The van der Waals surface area contributed by atoms with Crippen molar-refractivity contribution in [1.29, 1.82) is 0 Å². The fourth-order valence-electron chi connectivity index (χ4n) is 2.88. The molecule has 1 aliphatic heterocycles. The van der Waals surface area contributed by atoms with Crippen LogP contribution in [-0.4, -0.2) is 34.1 Å². The number of nitrogens with zero attached hydrogens (tertiary/aromatic N) is 2. The third-order valence-electron chi connectivity index (χ3n) is 4.05.